The summed E-state index contributed by atoms with van der Waals surface area (Å²) >= 11 is 0. The van der Waals surface area contributed by atoms with Crippen molar-refractivity contribution in [3.8, 4) is 0 Å². The molecular weight excluding hydrogens is 260 g/mol. The van der Waals surface area contributed by atoms with Crippen molar-refractivity contribution < 1.29 is 5.11 Å². The van der Waals surface area contributed by atoms with Crippen LogP contribution in [-0.2, 0) is 6.54 Å². The van der Waals surface area contributed by atoms with Crippen molar-refractivity contribution in [2.75, 3.05) is 6.54 Å². The fraction of sp³-hybridized carbons (Fsp3) is 0.389. The second kappa shape index (κ2) is 5.96. The van der Waals surface area contributed by atoms with Crippen molar-refractivity contribution in [2.24, 2.45) is 5.41 Å². The monoisotopic (exact) mass is 282 g/mol. The van der Waals surface area contributed by atoms with E-state index in [1.807, 2.05) is 43.5 Å². The highest BCUT2D eigenvalue weighted by Gasteiger charge is 2.48. The summed E-state index contributed by atoms with van der Waals surface area (Å²) in [5.41, 5.74) is 3.25. The van der Waals surface area contributed by atoms with Crippen LogP contribution in [0.2, 0.25) is 0 Å². The topological polar surface area (TPSA) is 45.1 Å². The lowest BCUT2D eigenvalue weighted by atomic mass is 9.92. The summed E-state index contributed by atoms with van der Waals surface area (Å²) in [4.78, 5) is 4.40. The molecule has 1 aromatic carbocycles. The Morgan fingerprint density at radius 3 is 2.57 bits per heavy atom. The molecule has 3 rings (SSSR count). The molecule has 21 heavy (non-hydrogen) atoms. The van der Waals surface area contributed by atoms with Crippen LogP contribution >= 0.6 is 0 Å². The van der Waals surface area contributed by atoms with Crippen LogP contribution in [0.15, 0.2) is 48.7 Å². The molecule has 0 saturated heterocycles. The first-order valence-corrected chi connectivity index (χ1v) is 7.55. The zero-order valence-electron chi connectivity index (χ0n) is 12.4. The Morgan fingerprint density at radius 1 is 1.19 bits per heavy atom. The van der Waals surface area contributed by atoms with Gasteiger partial charge < -0.3 is 10.4 Å². The Hall–Kier alpha value is -1.71. The van der Waals surface area contributed by atoms with E-state index in [0.29, 0.717) is 0 Å². The van der Waals surface area contributed by atoms with E-state index in [4.69, 9.17) is 0 Å². The minimum atomic E-state index is -0.378. The molecule has 0 spiro atoms. The molecule has 2 N–H and O–H groups in total. The molecule has 1 heterocycles. The first kappa shape index (κ1) is 14.2. The van der Waals surface area contributed by atoms with Gasteiger partial charge in [0.2, 0.25) is 0 Å². The van der Waals surface area contributed by atoms with Crippen LogP contribution in [0.1, 0.15) is 35.8 Å². The number of aliphatic hydroxyl groups excluding tert-OH is 1. The number of aliphatic hydroxyl groups is 1. The summed E-state index contributed by atoms with van der Waals surface area (Å²) in [5, 5.41) is 14.0. The van der Waals surface area contributed by atoms with Crippen molar-refractivity contribution in [1.82, 2.24) is 10.3 Å². The van der Waals surface area contributed by atoms with Gasteiger partial charge >= 0.3 is 0 Å². The number of hydrogen-bond donors (Lipinski definition) is 2. The number of aromatic nitrogens is 1. The lowest BCUT2D eigenvalue weighted by Gasteiger charge is -2.23. The largest absolute Gasteiger partial charge is 0.388 e. The van der Waals surface area contributed by atoms with Crippen LogP contribution in [0, 0.1) is 12.3 Å². The van der Waals surface area contributed by atoms with Gasteiger partial charge in [0.15, 0.2) is 0 Å². The summed E-state index contributed by atoms with van der Waals surface area (Å²) in [6.07, 6.45) is 3.68. The maximum atomic E-state index is 10.6. The van der Waals surface area contributed by atoms with Gasteiger partial charge in [0.25, 0.3) is 0 Å². The maximum Gasteiger partial charge on any atom is 0.0858 e. The minimum absolute atomic E-state index is 0.00600. The smallest absolute Gasteiger partial charge is 0.0858 e. The SMILES string of the molecule is Cc1ccc(CNCC2(C(O)c3ccccc3)CC2)nc1. The maximum absolute atomic E-state index is 10.6. The van der Waals surface area contributed by atoms with Gasteiger partial charge in [0, 0.05) is 24.7 Å². The summed E-state index contributed by atoms with van der Waals surface area (Å²) in [6.45, 7) is 3.63. The highest BCUT2D eigenvalue weighted by molar-refractivity contribution is 5.22. The van der Waals surface area contributed by atoms with E-state index in [1.165, 1.54) is 5.56 Å². The number of aryl methyl sites for hydroxylation is 1. The van der Waals surface area contributed by atoms with E-state index in [0.717, 1.165) is 37.2 Å². The van der Waals surface area contributed by atoms with Gasteiger partial charge in [-0.3, -0.25) is 4.98 Å². The Balaban J connectivity index is 1.56. The standard InChI is InChI=1S/C18H22N2O/c1-14-7-8-16(20-11-14)12-19-13-18(9-10-18)17(21)15-5-3-2-4-6-15/h2-8,11,17,19,21H,9-10,12-13H2,1H3. The third kappa shape index (κ3) is 3.31. The summed E-state index contributed by atoms with van der Waals surface area (Å²) in [7, 11) is 0. The molecule has 0 radical (unpaired) electrons. The van der Waals surface area contributed by atoms with Crippen LogP contribution in [0.25, 0.3) is 0 Å². The van der Waals surface area contributed by atoms with Crippen LogP contribution < -0.4 is 5.32 Å². The molecule has 0 bridgehead atoms. The molecule has 1 unspecified atom stereocenters. The van der Waals surface area contributed by atoms with Gasteiger partial charge in [-0.15, -0.1) is 0 Å². The number of nitrogens with one attached hydrogen (secondary N) is 1. The highest BCUT2D eigenvalue weighted by atomic mass is 16.3. The predicted molar refractivity (Wildman–Crippen MR) is 83.7 cm³/mol. The number of pyridine rings is 1. The van der Waals surface area contributed by atoms with Gasteiger partial charge in [-0.1, -0.05) is 36.4 Å². The molecule has 1 saturated carbocycles. The van der Waals surface area contributed by atoms with E-state index < -0.39 is 0 Å². The van der Waals surface area contributed by atoms with Crippen molar-refractivity contribution in [3.63, 3.8) is 0 Å². The predicted octanol–water partition coefficient (Wildman–Crippen LogP) is 2.99. The minimum Gasteiger partial charge on any atom is -0.388 e. The number of hydrogen-bond acceptors (Lipinski definition) is 3. The fourth-order valence-corrected chi connectivity index (χ4v) is 2.74. The van der Waals surface area contributed by atoms with E-state index in [1.54, 1.807) is 0 Å². The van der Waals surface area contributed by atoms with Crippen molar-refractivity contribution >= 4 is 0 Å². The van der Waals surface area contributed by atoms with E-state index in [-0.39, 0.29) is 11.5 Å². The van der Waals surface area contributed by atoms with Gasteiger partial charge in [0.05, 0.1) is 11.8 Å². The van der Waals surface area contributed by atoms with Gasteiger partial charge in [0.1, 0.15) is 0 Å². The van der Waals surface area contributed by atoms with Gasteiger partial charge in [-0.05, 0) is 37.0 Å². The molecular formula is C18H22N2O. The van der Waals surface area contributed by atoms with E-state index in [2.05, 4.69) is 22.4 Å². The van der Waals surface area contributed by atoms with Crippen LogP contribution in [0.3, 0.4) is 0 Å². The Labute approximate surface area is 126 Å². The first-order chi connectivity index (χ1) is 10.2. The summed E-state index contributed by atoms with van der Waals surface area (Å²) in [6, 6.07) is 14.1. The number of nitrogens with zero attached hydrogens (tertiary/aromatic N) is 1. The molecule has 2 aromatic rings. The highest BCUT2D eigenvalue weighted by Crippen LogP contribution is 2.54. The van der Waals surface area contributed by atoms with E-state index in [9.17, 15) is 5.11 Å². The normalized spacial score (nSPS) is 17.4. The van der Waals surface area contributed by atoms with Gasteiger partial charge in [-0.25, -0.2) is 0 Å². The third-order valence-corrected chi connectivity index (χ3v) is 4.34. The zero-order chi connectivity index (χ0) is 14.7. The van der Waals surface area contributed by atoms with Gasteiger partial charge in [-0.2, -0.15) is 0 Å². The molecule has 1 aliphatic carbocycles. The molecule has 1 aliphatic rings. The Kier molecular flexibility index (Phi) is 4.04. The Morgan fingerprint density at radius 2 is 1.95 bits per heavy atom. The lowest BCUT2D eigenvalue weighted by Crippen LogP contribution is -2.28. The van der Waals surface area contributed by atoms with Crippen LogP contribution in [0.4, 0.5) is 0 Å². The quantitative estimate of drug-likeness (QED) is 0.856. The molecule has 3 nitrogen and oxygen atoms in total. The lowest BCUT2D eigenvalue weighted by molar-refractivity contribution is 0.0917. The molecule has 1 fully saturated rings. The molecule has 3 heteroatoms. The molecule has 1 atom stereocenters. The second-order valence-corrected chi connectivity index (χ2v) is 6.11. The average Bonchev–Trinajstić information content (AvgIpc) is 3.30. The summed E-state index contributed by atoms with van der Waals surface area (Å²) < 4.78 is 0. The molecule has 110 valence electrons. The van der Waals surface area contributed by atoms with Crippen LogP contribution in [0.5, 0.6) is 0 Å². The average molecular weight is 282 g/mol. The first-order valence-electron chi connectivity index (χ1n) is 7.55. The van der Waals surface area contributed by atoms with Crippen molar-refractivity contribution in [1.29, 1.82) is 0 Å². The number of benzene rings is 1. The molecule has 0 amide bonds. The van der Waals surface area contributed by atoms with Crippen molar-refractivity contribution in [3.05, 3.63) is 65.5 Å². The fourth-order valence-electron chi connectivity index (χ4n) is 2.74. The second-order valence-electron chi connectivity index (χ2n) is 6.11. The molecule has 1 aromatic heterocycles. The van der Waals surface area contributed by atoms with Crippen LogP contribution in [-0.4, -0.2) is 16.6 Å². The van der Waals surface area contributed by atoms with E-state index >= 15 is 0 Å². The molecule has 0 aliphatic heterocycles. The third-order valence-electron chi connectivity index (χ3n) is 4.34. The number of rotatable bonds is 6. The summed E-state index contributed by atoms with van der Waals surface area (Å²) in [5.74, 6) is 0. The Bertz CT molecular complexity index is 576. The zero-order valence-corrected chi connectivity index (χ0v) is 12.4. The van der Waals surface area contributed by atoms with Crippen molar-refractivity contribution in [2.45, 2.75) is 32.4 Å².